The van der Waals surface area contributed by atoms with Gasteiger partial charge in [-0.25, -0.2) is 4.98 Å². The van der Waals surface area contributed by atoms with E-state index in [-0.39, 0.29) is 12.3 Å². The quantitative estimate of drug-likeness (QED) is 0.699. The zero-order chi connectivity index (χ0) is 20.6. The summed E-state index contributed by atoms with van der Waals surface area (Å²) in [5, 5.41) is 23.0. The molecule has 0 spiro atoms. The van der Waals surface area contributed by atoms with E-state index in [0.29, 0.717) is 22.6 Å². The first kappa shape index (κ1) is 18.7. The predicted octanol–water partition coefficient (Wildman–Crippen LogP) is 3.86. The van der Waals surface area contributed by atoms with Gasteiger partial charge in [-0.15, -0.1) is 0 Å². The number of carbonyl (C=O) groups is 1. The first-order valence-corrected chi connectivity index (χ1v) is 9.29. The molecule has 3 aromatic rings. The number of benzene rings is 2. The van der Waals surface area contributed by atoms with Crippen LogP contribution in [0.2, 0.25) is 0 Å². The third-order valence-corrected chi connectivity index (χ3v) is 5.06. The maximum Gasteiger partial charge on any atom is 0.229 e. The van der Waals surface area contributed by atoms with Crippen molar-refractivity contribution in [1.29, 1.82) is 5.26 Å². The Labute approximate surface area is 168 Å². The summed E-state index contributed by atoms with van der Waals surface area (Å²) >= 11 is 0. The van der Waals surface area contributed by atoms with Gasteiger partial charge in [0.05, 0.1) is 34.7 Å². The number of nitrogens with one attached hydrogen (secondary N) is 1. The van der Waals surface area contributed by atoms with E-state index in [1.807, 2.05) is 54.0 Å². The second-order valence-electron chi connectivity index (χ2n) is 7.35. The van der Waals surface area contributed by atoms with Crippen LogP contribution in [0.3, 0.4) is 0 Å². The van der Waals surface area contributed by atoms with Crippen LogP contribution in [0.4, 0.5) is 5.95 Å². The van der Waals surface area contributed by atoms with Gasteiger partial charge in [0, 0.05) is 5.70 Å². The standard InChI is InChI=1S/C23H20N4O2/c1-15-11-19-20(12-16(15)14-24)27(18-9-6-10-18)22(25-19)26-21(28)13-23(2,29)17-7-4-3-5-8-17/h3-12,29H,13H2,1-2H3,(H,25,26,28)/t23-/m0/s1. The fourth-order valence-electron chi connectivity index (χ4n) is 3.41. The molecule has 0 radical (unpaired) electrons. The monoisotopic (exact) mass is 384 g/mol. The number of carbonyl (C=O) groups excluding carboxylic acids is 1. The molecule has 0 unspecified atom stereocenters. The molecule has 1 amide bonds. The molecule has 0 saturated heterocycles. The summed E-state index contributed by atoms with van der Waals surface area (Å²) < 4.78 is 1.81. The van der Waals surface area contributed by atoms with E-state index in [1.165, 1.54) is 0 Å². The van der Waals surface area contributed by atoms with Gasteiger partial charge in [-0.05, 0) is 49.3 Å². The summed E-state index contributed by atoms with van der Waals surface area (Å²) in [6.45, 7) is 3.47. The number of aliphatic hydroxyl groups is 1. The van der Waals surface area contributed by atoms with Crippen molar-refractivity contribution < 1.29 is 9.90 Å². The Morgan fingerprint density at radius 3 is 2.66 bits per heavy atom. The van der Waals surface area contributed by atoms with Crippen LogP contribution in [0.5, 0.6) is 0 Å². The number of nitrogens with zero attached hydrogens (tertiary/aromatic N) is 3. The van der Waals surface area contributed by atoms with Crippen LogP contribution in [0.25, 0.3) is 16.7 Å². The second kappa shape index (κ2) is 7.04. The van der Waals surface area contributed by atoms with Gasteiger partial charge < -0.3 is 5.11 Å². The van der Waals surface area contributed by atoms with E-state index in [2.05, 4.69) is 16.4 Å². The molecule has 29 heavy (non-hydrogen) atoms. The molecule has 1 aromatic heterocycles. The highest BCUT2D eigenvalue weighted by molar-refractivity contribution is 5.95. The number of imidazole rings is 1. The van der Waals surface area contributed by atoms with Gasteiger partial charge in [0.25, 0.3) is 0 Å². The minimum absolute atomic E-state index is 0.114. The molecule has 0 saturated carbocycles. The van der Waals surface area contributed by atoms with Crippen LogP contribution in [0.15, 0.2) is 60.7 Å². The first-order chi connectivity index (χ1) is 13.9. The highest BCUT2D eigenvalue weighted by atomic mass is 16.3. The van der Waals surface area contributed by atoms with Gasteiger partial charge in [-0.1, -0.05) is 36.4 Å². The molecule has 1 atom stereocenters. The van der Waals surface area contributed by atoms with Crippen molar-refractivity contribution in [3.8, 4) is 6.07 Å². The van der Waals surface area contributed by atoms with E-state index in [9.17, 15) is 15.2 Å². The molecule has 1 aliphatic rings. The molecule has 144 valence electrons. The molecule has 4 rings (SSSR count). The van der Waals surface area contributed by atoms with Crippen molar-refractivity contribution in [2.24, 2.45) is 0 Å². The largest absolute Gasteiger partial charge is 0.385 e. The number of rotatable bonds is 5. The van der Waals surface area contributed by atoms with Gasteiger partial charge in [0.1, 0.15) is 0 Å². The summed E-state index contributed by atoms with van der Waals surface area (Å²) in [5.41, 5.74) is 3.05. The Kier molecular flexibility index (Phi) is 4.53. The highest BCUT2D eigenvalue weighted by Crippen LogP contribution is 2.30. The molecule has 2 N–H and O–H groups in total. The van der Waals surface area contributed by atoms with Gasteiger partial charge in [-0.2, -0.15) is 5.26 Å². The summed E-state index contributed by atoms with van der Waals surface area (Å²) in [5.74, 6) is 0.00972. The van der Waals surface area contributed by atoms with Gasteiger partial charge in [0.15, 0.2) is 0 Å². The molecule has 6 nitrogen and oxygen atoms in total. The smallest absolute Gasteiger partial charge is 0.229 e. The summed E-state index contributed by atoms with van der Waals surface area (Å²) in [4.78, 5) is 17.3. The maximum atomic E-state index is 12.7. The minimum Gasteiger partial charge on any atom is -0.385 e. The first-order valence-electron chi connectivity index (χ1n) is 9.29. The van der Waals surface area contributed by atoms with Crippen molar-refractivity contribution >= 4 is 28.6 Å². The predicted molar refractivity (Wildman–Crippen MR) is 112 cm³/mol. The number of fused-ring (bicyclic) bond motifs is 1. The van der Waals surface area contributed by atoms with Crippen LogP contribution in [0.1, 0.15) is 30.0 Å². The second-order valence-corrected chi connectivity index (χ2v) is 7.35. The van der Waals surface area contributed by atoms with Crippen molar-refractivity contribution in [2.75, 3.05) is 5.32 Å². The Balaban J connectivity index is 1.67. The van der Waals surface area contributed by atoms with Crippen LogP contribution in [0, 0.1) is 18.3 Å². The Morgan fingerprint density at radius 1 is 1.31 bits per heavy atom. The van der Waals surface area contributed by atoms with Crippen molar-refractivity contribution in [3.63, 3.8) is 0 Å². The molecule has 0 fully saturated rings. The number of aryl methyl sites for hydroxylation is 1. The number of hydrogen-bond acceptors (Lipinski definition) is 4. The number of hydrogen-bond donors (Lipinski definition) is 2. The molecule has 0 aliphatic heterocycles. The number of nitriles is 1. The minimum atomic E-state index is -1.30. The van der Waals surface area contributed by atoms with Gasteiger partial charge in [0.2, 0.25) is 11.9 Å². The lowest BCUT2D eigenvalue weighted by Crippen LogP contribution is -2.29. The SMILES string of the molecule is Cc1cc2nc(NC(=O)C[C@](C)(O)c3ccccc3)n(C3=CC=C3)c2cc1C#N. The summed E-state index contributed by atoms with van der Waals surface area (Å²) in [6.07, 6.45) is 5.59. The van der Waals surface area contributed by atoms with Crippen molar-refractivity contribution in [1.82, 2.24) is 9.55 Å². The third-order valence-electron chi connectivity index (χ3n) is 5.06. The van der Waals surface area contributed by atoms with Crippen molar-refractivity contribution in [2.45, 2.75) is 25.9 Å². The topological polar surface area (TPSA) is 90.9 Å². The number of anilines is 1. The molecular weight excluding hydrogens is 364 g/mol. The lowest BCUT2D eigenvalue weighted by atomic mass is 9.92. The lowest BCUT2D eigenvalue weighted by Gasteiger charge is -2.23. The van der Waals surface area contributed by atoms with Crippen molar-refractivity contribution in [3.05, 3.63) is 77.4 Å². The Bertz CT molecular complexity index is 1210. The van der Waals surface area contributed by atoms with E-state index < -0.39 is 5.60 Å². The lowest BCUT2D eigenvalue weighted by molar-refractivity contribution is -0.120. The molecule has 6 heteroatoms. The molecule has 1 aliphatic carbocycles. The molecular formula is C23H20N4O2. The zero-order valence-corrected chi connectivity index (χ0v) is 16.2. The fraction of sp³-hybridized carbons (Fsp3) is 0.174. The summed E-state index contributed by atoms with van der Waals surface area (Å²) in [6, 6.07) is 14.9. The highest BCUT2D eigenvalue weighted by Gasteiger charge is 2.27. The normalized spacial score (nSPS) is 14.6. The van der Waals surface area contributed by atoms with E-state index in [4.69, 9.17) is 0 Å². The Hall–Kier alpha value is -3.69. The summed E-state index contributed by atoms with van der Waals surface area (Å²) in [7, 11) is 0. The van der Waals surface area contributed by atoms with E-state index in [1.54, 1.807) is 25.1 Å². The van der Waals surface area contributed by atoms with Crippen LogP contribution < -0.4 is 5.32 Å². The van der Waals surface area contributed by atoms with E-state index in [0.717, 1.165) is 16.8 Å². The van der Waals surface area contributed by atoms with Gasteiger partial charge in [-0.3, -0.25) is 14.7 Å². The molecule has 1 heterocycles. The average molecular weight is 384 g/mol. The van der Waals surface area contributed by atoms with E-state index >= 15 is 0 Å². The van der Waals surface area contributed by atoms with Crippen LogP contribution in [-0.4, -0.2) is 20.6 Å². The van der Waals surface area contributed by atoms with Crippen LogP contribution >= 0.6 is 0 Å². The molecule has 0 bridgehead atoms. The fourth-order valence-corrected chi connectivity index (χ4v) is 3.41. The molecule has 2 aromatic carbocycles. The number of amides is 1. The zero-order valence-electron chi connectivity index (χ0n) is 16.2. The average Bonchev–Trinajstić information content (AvgIpc) is 2.96. The number of aromatic nitrogens is 2. The third kappa shape index (κ3) is 3.44. The Morgan fingerprint density at radius 2 is 2.03 bits per heavy atom. The maximum absolute atomic E-state index is 12.7. The number of allylic oxidation sites excluding steroid dienone is 4. The van der Waals surface area contributed by atoms with Gasteiger partial charge >= 0.3 is 0 Å². The van der Waals surface area contributed by atoms with Crippen LogP contribution in [-0.2, 0) is 10.4 Å².